The van der Waals surface area contributed by atoms with Crippen molar-refractivity contribution in [1.82, 2.24) is 9.71 Å². The number of nitrogens with one attached hydrogen (secondary N) is 1. The van der Waals surface area contributed by atoms with Gasteiger partial charge in [0, 0.05) is 30.7 Å². The van der Waals surface area contributed by atoms with Crippen molar-refractivity contribution in [2.24, 2.45) is 0 Å². The van der Waals surface area contributed by atoms with E-state index < -0.39 is 10.0 Å². The first-order valence-corrected chi connectivity index (χ1v) is 8.70. The summed E-state index contributed by atoms with van der Waals surface area (Å²) in [5.41, 5.74) is 0.943. The van der Waals surface area contributed by atoms with Gasteiger partial charge in [0.05, 0.1) is 13.2 Å². The van der Waals surface area contributed by atoms with Crippen molar-refractivity contribution >= 4 is 10.0 Å². The van der Waals surface area contributed by atoms with Crippen LogP contribution in [0.1, 0.15) is 37.3 Å². The molecule has 0 atom stereocenters. The molecular weight excluding hydrogens is 292 g/mol. The number of pyridine rings is 1. The van der Waals surface area contributed by atoms with Crippen molar-refractivity contribution in [3.63, 3.8) is 0 Å². The van der Waals surface area contributed by atoms with Gasteiger partial charge in [-0.25, -0.2) is 13.1 Å². The van der Waals surface area contributed by atoms with Gasteiger partial charge >= 0.3 is 0 Å². The number of nitrogens with zero attached hydrogens (tertiary/aromatic N) is 1. The minimum Gasteiger partial charge on any atom is -0.348 e. The lowest BCUT2D eigenvalue weighted by Crippen LogP contribution is -2.34. The highest BCUT2D eigenvalue weighted by Crippen LogP contribution is 2.41. The first kappa shape index (κ1) is 14.9. The summed E-state index contributed by atoms with van der Waals surface area (Å²) in [5, 5.41) is 0. The van der Waals surface area contributed by atoms with Crippen molar-refractivity contribution < 1.29 is 17.9 Å². The highest BCUT2D eigenvalue weighted by atomic mass is 32.2. The molecule has 2 fully saturated rings. The Kier molecular flexibility index (Phi) is 4.00. The molecule has 1 spiro atoms. The molecule has 116 valence electrons. The van der Waals surface area contributed by atoms with E-state index >= 15 is 0 Å². The van der Waals surface area contributed by atoms with Crippen molar-refractivity contribution in [3.8, 4) is 0 Å². The molecule has 1 aliphatic carbocycles. The van der Waals surface area contributed by atoms with E-state index in [-0.39, 0.29) is 10.7 Å². The molecule has 0 radical (unpaired) electrons. The van der Waals surface area contributed by atoms with Crippen LogP contribution in [0.15, 0.2) is 23.2 Å². The molecule has 1 aromatic rings. The summed E-state index contributed by atoms with van der Waals surface area (Å²) in [6.45, 7) is 1.36. The lowest BCUT2D eigenvalue weighted by Gasteiger charge is -2.35. The fraction of sp³-hybridized carbons (Fsp3) is 0.643. The second-order valence-corrected chi connectivity index (χ2v) is 7.39. The van der Waals surface area contributed by atoms with E-state index in [0.717, 1.165) is 31.4 Å². The normalized spacial score (nSPS) is 22.7. The van der Waals surface area contributed by atoms with Gasteiger partial charge in [-0.05, 0) is 32.0 Å². The van der Waals surface area contributed by atoms with Crippen LogP contribution < -0.4 is 4.72 Å². The van der Waals surface area contributed by atoms with E-state index in [0.29, 0.717) is 19.1 Å². The van der Waals surface area contributed by atoms with Crippen LogP contribution in [0.5, 0.6) is 0 Å². The molecule has 2 aliphatic rings. The van der Waals surface area contributed by atoms with Gasteiger partial charge in [0.1, 0.15) is 4.90 Å². The van der Waals surface area contributed by atoms with Gasteiger partial charge in [-0.3, -0.25) is 4.98 Å². The standard InChI is InChI=1S/C14H20N2O4S/c1-15-21(17,18)12-2-3-13(16-10-12)11-4-6-14(7-5-11)19-8-9-20-14/h2-3,10-11,15H,4-9H2,1H3. The van der Waals surface area contributed by atoms with E-state index in [9.17, 15) is 8.42 Å². The molecule has 6 nitrogen and oxygen atoms in total. The first-order valence-electron chi connectivity index (χ1n) is 7.22. The van der Waals surface area contributed by atoms with Crippen LogP contribution in [0.4, 0.5) is 0 Å². The van der Waals surface area contributed by atoms with Crippen molar-refractivity contribution in [3.05, 3.63) is 24.0 Å². The Morgan fingerprint density at radius 1 is 1.24 bits per heavy atom. The molecule has 7 heteroatoms. The van der Waals surface area contributed by atoms with Crippen molar-refractivity contribution in [1.29, 1.82) is 0 Å². The largest absolute Gasteiger partial charge is 0.348 e. The average molecular weight is 312 g/mol. The van der Waals surface area contributed by atoms with Crippen LogP contribution in [-0.4, -0.2) is 39.5 Å². The lowest BCUT2D eigenvalue weighted by atomic mass is 9.83. The molecule has 3 rings (SSSR count). The summed E-state index contributed by atoms with van der Waals surface area (Å²) in [6.07, 6.45) is 5.07. The molecule has 1 aliphatic heterocycles. The summed E-state index contributed by atoms with van der Waals surface area (Å²) in [7, 11) is -2.02. The molecule has 0 aromatic carbocycles. The Hall–Kier alpha value is -1.02. The van der Waals surface area contributed by atoms with Crippen LogP contribution in [-0.2, 0) is 19.5 Å². The monoisotopic (exact) mass is 312 g/mol. The Labute approximate surface area is 124 Å². The van der Waals surface area contributed by atoms with Crippen LogP contribution in [0.2, 0.25) is 0 Å². The fourth-order valence-electron chi connectivity index (χ4n) is 3.05. The smallest absolute Gasteiger partial charge is 0.241 e. The lowest BCUT2D eigenvalue weighted by molar-refractivity contribution is -0.178. The second kappa shape index (κ2) is 5.64. The molecule has 1 saturated carbocycles. The molecule has 1 N–H and O–H groups in total. The quantitative estimate of drug-likeness (QED) is 0.912. The molecule has 2 heterocycles. The minimum atomic E-state index is -3.42. The first-order chi connectivity index (χ1) is 10.0. The summed E-state index contributed by atoms with van der Waals surface area (Å²) >= 11 is 0. The van der Waals surface area contributed by atoms with Gasteiger partial charge in [-0.15, -0.1) is 0 Å². The third-order valence-electron chi connectivity index (χ3n) is 4.32. The van der Waals surface area contributed by atoms with Crippen molar-refractivity contribution in [2.75, 3.05) is 20.3 Å². The second-order valence-electron chi connectivity index (χ2n) is 5.51. The maximum Gasteiger partial charge on any atom is 0.241 e. The number of hydrogen-bond acceptors (Lipinski definition) is 5. The molecule has 0 unspecified atom stereocenters. The van der Waals surface area contributed by atoms with E-state index in [1.165, 1.54) is 13.2 Å². The van der Waals surface area contributed by atoms with Crippen LogP contribution in [0.3, 0.4) is 0 Å². The third-order valence-corrected chi connectivity index (χ3v) is 5.72. The van der Waals surface area contributed by atoms with Gasteiger partial charge < -0.3 is 9.47 Å². The van der Waals surface area contributed by atoms with Gasteiger partial charge in [0.25, 0.3) is 0 Å². The maximum absolute atomic E-state index is 11.7. The Morgan fingerprint density at radius 2 is 1.90 bits per heavy atom. The molecule has 1 aromatic heterocycles. The third kappa shape index (κ3) is 2.96. The zero-order chi connectivity index (χ0) is 14.9. The van der Waals surface area contributed by atoms with Gasteiger partial charge in [-0.2, -0.15) is 0 Å². The van der Waals surface area contributed by atoms with E-state index in [1.807, 2.05) is 6.07 Å². The number of rotatable bonds is 3. The van der Waals surface area contributed by atoms with Gasteiger partial charge in [0.2, 0.25) is 10.0 Å². The predicted molar refractivity (Wildman–Crippen MR) is 76.3 cm³/mol. The number of hydrogen-bond donors (Lipinski definition) is 1. The van der Waals surface area contributed by atoms with Crippen molar-refractivity contribution in [2.45, 2.75) is 42.3 Å². The predicted octanol–water partition coefficient (Wildman–Crippen LogP) is 1.39. The number of sulfonamides is 1. The SMILES string of the molecule is CNS(=O)(=O)c1ccc(C2CCC3(CC2)OCCO3)nc1. The van der Waals surface area contributed by atoms with Crippen LogP contribution >= 0.6 is 0 Å². The van der Waals surface area contributed by atoms with Crippen LogP contribution in [0.25, 0.3) is 0 Å². The topological polar surface area (TPSA) is 77.5 Å². The molecular formula is C14H20N2O4S. The van der Waals surface area contributed by atoms with E-state index in [4.69, 9.17) is 9.47 Å². The van der Waals surface area contributed by atoms with Gasteiger partial charge in [0.15, 0.2) is 5.79 Å². The van der Waals surface area contributed by atoms with Crippen LogP contribution in [0, 0.1) is 0 Å². The maximum atomic E-state index is 11.7. The molecule has 0 bridgehead atoms. The van der Waals surface area contributed by atoms with E-state index in [2.05, 4.69) is 9.71 Å². The Morgan fingerprint density at radius 3 is 2.43 bits per heavy atom. The molecule has 1 saturated heterocycles. The summed E-state index contributed by atoms with van der Waals surface area (Å²) in [4.78, 5) is 4.53. The fourth-order valence-corrected chi connectivity index (χ4v) is 3.72. The van der Waals surface area contributed by atoms with E-state index in [1.54, 1.807) is 6.07 Å². The Balaban J connectivity index is 1.68. The zero-order valence-corrected chi connectivity index (χ0v) is 12.9. The highest BCUT2D eigenvalue weighted by molar-refractivity contribution is 7.89. The average Bonchev–Trinajstić information content (AvgIpc) is 2.96. The van der Waals surface area contributed by atoms with Gasteiger partial charge in [-0.1, -0.05) is 0 Å². The number of aromatic nitrogens is 1. The Bertz CT molecular complexity index is 584. The zero-order valence-electron chi connectivity index (χ0n) is 12.0. The summed E-state index contributed by atoms with van der Waals surface area (Å²) in [5.74, 6) is -0.0268. The molecule has 21 heavy (non-hydrogen) atoms. The summed E-state index contributed by atoms with van der Waals surface area (Å²) < 4.78 is 37.1. The molecule has 0 amide bonds. The number of ether oxygens (including phenoxy) is 2. The minimum absolute atomic E-state index is 0.198. The highest BCUT2D eigenvalue weighted by Gasteiger charge is 2.40. The summed E-state index contributed by atoms with van der Waals surface area (Å²) in [6, 6.07) is 3.42.